The topological polar surface area (TPSA) is 131 Å². The molecule has 144 valence electrons. The lowest BCUT2D eigenvalue weighted by molar-refractivity contribution is -0.137. The van der Waals surface area contributed by atoms with E-state index in [2.05, 4.69) is 20.8 Å². The second kappa shape index (κ2) is 8.16. The molecule has 3 rings (SSSR count). The molecule has 0 spiro atoms. The maximum atomic E-state index is 12.5. The Hall–Kier alpha value is -3.95. The van der Waals surface area contributed by atoms with Gasteiger partial charge >= 0.3 is 5.97 Å². The molecule has 0 aliphatic heterocycles. The molecule has 10 nitrogen and oxygen atoms in total. The van der Waals surface area contributed by atoms with Crippen LogP contribution < -0.4 is 10.6 Å². The van der Waals surface area contributed by atoms with Gasteiger partial charge in [-0.25, -0.2) is 0 Å². The Balaban J connectivity index is 1.67. The minimum absolute atomic E-state index is 0.0886. The van der Waals surface area contributed by atoms with Crippen molar-refractivity contribution in [1.29, 1.82) is 0 Å². The highest BCUT2D eigenvalue weighted by Crippen LogP contribution is 2.17. The number of carboxylic acid groups (broad SMARTS) is 1. The van der Waals surface area contributed by atoms with Crippen LogP contribution in [0.2, 0.25) is 0 Å². The lowest BCUT2D eigenvalue weighted by Gasteiger charge is -2.09. The van der Waals surface area contributed by atoms with Crippen LogP contribution in [0.15, 0.2) is 48.8 Å². The number of nitrogens with one attached hydrogen (secondary N) is 2. The van der Waals surface area contributed by atoms with Crippen LogP contribution in [0.5, 0.6) is 0 Å². The normalized spacial score (nSPS) is 10.5. The molecule has 0 fully saturated rings. The van der Waals surface area contributed by atoms with Gasteiger partial charge in [-0.2, -0.15) is 10.2 Å². The number of carbonyl (C=O) groups is 3. The summed E-state index contributed by atoms with van der Waals surface area (Å²) in [4.78, 5) is 35.4. The SMILES string of the molecule is Cn1ccc(C(=O)Nc2cccc(NC(=O)c3ccnn3CCC(=O)O)c2)n1. The molecule has 0 aliphatic carbocycles. The smallest absolute Gasteiger partial charge is 0.305 e. The Labute approximate surface area is 159 Å². The quantitative estimate of drug-likeness (QED) is 0.569. The zero-order chi connectivity index (χ0) is 20.1. The molecule has 0 saturated heterocycles. The summed E-state index contributed by atoms with van der Waals surface area (Å²) in [5.41, 5.74) is 1.48. The monoisotopic (exact) mass is 382 g/mol. The molecular weight excluding hydrogens is 364 g/mol. The van der Waals surface area contributed by atoms with Gasteiger partial charge in [0.25, 0.3) is 11.8 Å². The van der Waals surface area contributed by atoms with Gasteiger partial charge in [0.1, 0.15) is 5.69 Å². The number of hydrogen-bond acceptors (Lipinski definition) is 5. The van der Waals surface area contributed by atoms with Crippen LogP contribution in [-0.4, -0.2) is 42.5 Å². The van der Waals surface area contributed by atoms with Crippen LogP contribution in [0.1, 0.15) is 27.4 Å². The molecule has 0 atom stereocenters. The number of amides is 2. The summed E-state index contributed by atoms with van der Waals surface area (Å²) in [6, 6.07) is 9.76. The maximum Gasteiger partial charge on any atom is 0.305 e. The Bertz CT molecular complexity index is 1020. The van der Waals surface area contributed by atoms with E-state index in [-0.39, 0.29) is 30.3 Å². The van der Waals surface area contributed by atoms with Crippen LogP contribution in [0.3, 0.4) is 0 Å². The van der Waals surface area contributed by atoms with Crippen molar-refractivity contribution in [2.75, 3.05) is 10.6 Å². The maximum absolute atomic E-state index is 12.5. The molecule has 2 amide bonds. The van der Waals surface area contributed by atoms with Crippen molar-refractivity contribution in [2.24, 2.45) is 7.05 Å². The average molecular weight is 382 g/mol. The minimum Gasteiger partial charge on any atom is -0.481 e. The summed E-state index contributed by atoms with van der Waals surface area (Å²) in [5, 5.41) is 22.2. The van der Waals surface area contributed by atoms with Gasteiger partial charge in [-0.05, 0) is 30.3 Å². The summed E-state index contributed by atoms with van der Waals surface area (Å²) in [6.45, 7) is 0.0886. The van der Waals surface area contributed by atoms with E-state index in [1.165, 1.54) is 21.6 Å². The van der Waals surface area contributed by atoms with E-state index in [1.807, 2.05) is 0 Å². The van der Waals surface area contributed by atoms with Crippen molar-refractivity contribution in [3.8, 4) is 0 Å². The first-order chi connectivity index (χ1) is 13.4. The first-order valence-electron chi connectivity index (χ1n) is 8.38. The Kier molecular flexibility index (Phi) is 5.49. The van der Waals surface area contributed by atoms with Crippen LogP contribution in [-0.2, 0) is 18.4 Å². The number of benzene rings is 1. The van der Waals surface area contributed by atoms with Crippen molar-refractivity contribution in [3.63, 3.8) is 0 Å². The lowest BCUT2D eigenvalue weighted by atomic mass is 10.2. The second-order valence-corrected chi connectivity index (χ2v) is 5.95. The molecule has 28 heavy (non-hydrogen) atoms. The van der Waals surface area contributed by atoms with E-state index in [0.717, 1.165) is 0 Å². The van der Waals surface area contributed by atoms with Crippen LogP contribution in [0.4, 0.5) is 11.4 Å². The van der Waals surface area contributed by atoms with Crippen molar-refractivity contribution in [2.45, 2.75) is 13.0 Å². The minimum atomic E-state index is -0.974. The van der Waals surface area contributed by atoms with Crippen molar-refractivity contribution in [1.82, 2.24) is 19.6 Å². The molecule has 0 bridgehead atoms. The highest BCUT2D eigenvalue weighted by atomic mass is 16.4. The molecule has 10 heteroatoms. The van der Waals surface area contributed by atoms with Gasteiger partial charge in [0.15, 0.2) is 5.69 Å². The number of anilines is 2. The molecule has 0 radical (unpaired) electrons. The summed E-state index contributed by atoms with van der Waals surface area (Å²) in [5.74, 6) is -1.77. The van der Waals surface area contributed by atoms with Crippen LogP contribution in [0, 0.1) is 0 Å². The number of carbonyl (C=O) groups excluding carboxylic acids is 2. The summed E-state index contributed by atoms with van der Waals surface area (Å²) >= 11 is 0. The predicted octanol–water partition coefficient (Wildman–Crippen LogP) is 1.60. The summed E-state index contributed by atoms with van der Waals surface area (Å²) < 4.78 is 2.86. The van der Waals surface area contributed by atoms with Crippen molar-refractivity contribution in [3.05, 3.63) is 60.2 Å². The number of aryl methyl sites for hydroxylation is 2. The third-order valence-corrected chi connectivity index (χ3v) is 3.81. The zero-order valence-corrected chi connectivity index (χ0v) is 15.0. The van der Waals surface area contributed by atoms with Gasteiger partial charge in [0, 0.05) is 30.8 Å². The molecule has 2 heterocycles. The standard InChI is InChI=1S/C18H18N6O4/c1-23-9-6-14(22-23)17(27)20-12-3-2-4-13(11-12)21-18(28)15-5-8-19-24(15)10-7-16(25)26/h2-6,8-9,11H,7,10H2,1H3,(H,20,27)(H,21,28)(H,25,26). The fourth-order valence-electron chi connectivity index (χ4n) is 2.51. The van der Waals surface area contributed by atoms with Gasteiger partial charge < -0.3 is 15.7 Å². The largest absolute Gasteiger partial charge is 0.481 e. The predicted molar refractivity (Wildman–Crippen MR) is 100 cm³/mol. The Morgan fingerprint density at radius 1 is 1.07 bits per heavy atom. The van der Waals surface area contributed by atoms with Gasteiger partial charge in [-0.15, -0.1) is 0 Å². The lowest BCUT2D eigenvalue weighted by Crippen LogP contribution is -2.19. The summed E-state index contributed by atoms with van der Waals surface area (Å²) in [6.07, 6.45) is 2.95. The highest BCUT2D eigenvalue weighted by molar-refractivity contribution is 6.05. The Morgan fingerprint density at radius 2 is 1.79 bits per heavy atom. The molecule has 2 aromatic heterocycles. The number of nitrogens with zero attached hydrogens (tertiary/aromatic N) is 4. The van der Waals surface area contributed by atoms with Gasteiger partial charge in [-0.3, -0.25) is 23.7 Å². The Morgan fingerprint density at radius 3 is 2.43 bits per heavy atom. The molecule has 3 N–H and O–H groups in total. The van der Waals surface area contributed by atoms with E-state index in [4.69, 9.17) is 5.11 Å². The average Bonchev–Trinajstić information content (AvgIpc) is 3.29. The number of rotatable bonds is 7. The number of carboxylic acids is 1. The number of aromatic nitrogens is 4. The first kappa shape index (κ1) is 18.8. The van der Waals surface area contributed by atoms with Crippen LogP contribution in [0.25, 0.3) is 0 Å². The van der Waals surface area contributed by atoms with E-state index in [0.29, 0.717) is 11.4 Å². The molecular formula is C18H18N6O4. The molecule has 0 aliphatic rings. The fraction of sp³-hybridized carbons (Fsp3) is 0.167. The molecule has 1 aromatic carbocycles. The molecule has 3 aromatic rings. The highest BCUT2D eigenvalue weighted by Gasteiger charge is 2.14. The number of hydrogen-bond donors (Lipinski definition) is 3. The first-order valence-corrected chi connectivity index (χ1v) is 8.38. The van der Waals surface area contributed by atoms with Gasteiger partial charge in [-0.1, -0.05) is 6.07 Å². The zero-order valence-electron chi connectivity index (χ0n) is 15.0. The van der Waals surface area contributed by atoms with Gasteiger partial charge in [0.05, 0.1) is 13.0 Å². The third-order valence-electron chi connectivity index (χ3n) is 3.81. The molecule has 0 unspecified atom stereocenters. The van der Waals surface area contributed by atoms with Crippen molar-refractivity contribution >= 4 is 29.2 Å². The van der Waals surface area contributed by atoms with E-state index in [9.17, 15) is 14.4 Å². The van der Waals surface area contributed by atoms with E-state index in [1.54, 1.807) is 43.6 Å². The van der Waals surface area contributed by atoms with E-state index >= 15 is 0 Å². The van der Waals surface area contributed by atoms with Crippen molar-refractivity contribution < 1.29 is 19.5 Å². The third kappa shape index (κ3) is 4.61. The van der Waals surface area contributed by atoms with E-state index < -0.39 is 11.9 Å². The van der Waals surface area contributed by atoms with Crippen LogP contribution >= 0.6 is 0 Å². The second-order valence-electron chi connectivity index (χ2n) is 5.95. The number of aliphatic carboxylic acids is 1. The van der Waals surface area contributed by atoms with Gasteiger partial charge in [0.2, 0.25) is 0 Å². The summed E-state index contributed by atoms with van der Waals surface area (Å²) in [7, 11) is 1.72. The molecule has 0 saturated carbocycles. The fourth-order valence-corrected chi connectivity index (χ4v) is 2.51.